The van der Waals surface area contributed by atoms with Crippen molar-refractivity contribution in [3.05, 3.63) is 144 Å². The van der Waals surface area contributed by atoms with Crippen LogP contribution in [0.15, 0.2) is 133 Å². The number of fused-ring (bicyclic) bond motifs is 8. The van der Waals surface area contributed by atoms with Crippen LogP contribution in [0, 0.1) is 11.8 Å². The molecule has 2 heterocycles. The average molecular weight is 728 g/mol. The van der Waals surface area contributed by atoms with Gasteiger partial charge >= 0.3 is 0 Å². The van der Waals surface area contributed by atoms with Gasteiger partial charge in [0.15, 0.2) is 5.71 Å². The largest absolute Gasteiger partial charge is 0.344 e. The van der Waals surface area contributed by atoms with Gasteiger partial charge in [-0.2, -0.15) is 4.58 Å². The highest BCUT2D eigenvalue weighted by Crippen LogP contribution is 2.57. The Balaban J connectivity index is 1.06. The zero-order valence-electron chi connectivity index (χ0n) is 34.1. The van der Waals surface area contributed by atoms with Gasteiger partial charge in [-0.05, 0) is 89.3 Å². The number of benzene rings is 4. The first-order valence-corrected chi connectivity index (χ1v) is 21.8. The summed E-state index contributed by atoms with van der Waals surface area (Å²) < 4.78 is 2.69. The Morgan fingerprint density at radius 2 is 1.15 bits per heavy atom. The lowest BCUT2D eigenvalue weighted by molar-refractivity contribution is -0.439. The minimum atomic E-state index is 0.104. The van der Waals surface area contributed by atoms with Gasteiger partial charge in [0.25, 0.3) is 0 Å². The number of rotatable bonds is 11. The molecule has 2 heteroatoms. The quantitative estimate of drug-likeness (QED) is 0.110. The molecular weight excluding hydrogens is 665 g/mol. The fraction of sp³-hybridized carbons (Fsp3) is 0.415. The first-order valence-electron chi connectivity index (χ1n) is 21.8. The highest BCUT2D eigenvalue weighted by molar-refractivity contribution is 6.08. The summed E-state index contributed by atoms with van der Waals surface area (Å²) in [5.74, 6) is 1.34. The van der Waals surface area contributed by atoms with Gasteiger partial charge in [0.1, 0.15) is 6.54 Å². The number of anilines is 1. The molecule has 284 valence electrons. The molecule has 2 aliphatic heterocycles. The van der Waals surface area contributed by atoms with Crippen molar-refractivity contribution in [3.63, 3.8) is 0 Å². The van der Waals surface area contributed by atoms with Crippen LogP contribution in [0.2, 0.25) is 0 Å². The third-order valence-electron chi connectivity index (χ3n) is 13.4. The van der Waals surface area contributed by atoms with Crippen LogP contribution in [0.4, 0.5) is 11.4 Å². The maximum Gasteiger partial charge on any atom is 0.210 e. The maximum absolute atomic E-state index is 2.69. The van der Waals surface area contributed by atoms with Crippen molar-refractivity contribution >= 4 is 38.6 Å². The van der Waals surface area contributed by atoms with E-state index in [4.69, 9.17) is 0 Å². The Bertz CT molecular complexity index is 2190. The van der Waals surface area contributed by atoms with Crippen LogP contribution in [-0.2, 0) is 10.8 Å². The van der Waals surface area contributed by atoms with E-state index in [1.807, 2.05) is 0 Å². The SMILES string of the molecule is CC(C)CCN1/C(=C/C=C/C=C/C=C/C=C/C2=[N+](CCC(C)C)c3ccc4ccccc4c3C23CCCCC3)C2(CCCCC2)c2c1ccc1ccccc21. The van der Waals surface area contributed by atoms with Crippen LogP contribution in [0.3, 0.4) is 0 Å². The topological polar surface area (TPSA) is 6.25 Å². The van der Waals surface area contributed by atoms with E-state index in [-0.39, 0.29) is 10.8 Å². The Labute approximate surface area is 331 Å². The number of hydrogen-bond donors (Lipinski definition) is 0. The third-order valence-corrected chi connectivity index (χ3v) is 13.4. The van der Waals surface area contributed by atoms with Crippen LogP contribution < -0.4 is 4.90 Å². The molecule has 2 fully saturated rings. The molecule has 4 aliphatic rings. The summed E-state index contributed by atoms with van der Waals surface area (Å²) in [5.41, 5.74) is 9.31. The third kappa shape index (κ3) is 7.11. The standard InChI is InChI=1S/C53H63N2/c1-40(2)32-38-54-46-30-28-42-22-14-16-24-44(42)50(46)52(34-18-10-19-35-52)48(54)26-12-8-6-5-7-9-13-27-49-53(36-20-11-21-37-53)51-45-25-17-15-23-43(45)29-31-47(51)55(49)39-33-41(3)4/h5-9,12-17,22-31,40-41H,10-11,18-21,32-39H2,1-4H3/q+1. The summed E-state index contributed by atoms with van der Waals surface area (Å²) >= 11 is 0. The van der Waals surface area contributed by atoms with E-state index in [1.54, 1.807) is 11.1 Å². The molecule has 2 saturated carbocycles. The molecule has 2 spiro atoms. The van der Waals surface area contributed by atoms with Crippen molar-refractivity contribution in [2.45, 2.75) is 116 Å². The molecule has 0 radical (unpaired) electrons. The molecule has 0 amide bonds. The molecule has 0 saturated heterocycles. The summed E-state index contributed by atoms with van der Waals surface area (Å²) in [6.07, 6.45) is 35.9. The summed E-state index contributed by atoms with van der Waals surface area (Å²) in [5, 5.41) is 5.65. The van der Waals surface area contributed by atoms with Gasteiger partial charge in [0.2, 0.25) is 5.69 Å². The first kappa shape index (κ1) is 37.5. The molecule has 0 unspecified atom stereocenters. The van der Waals surface area contributed by atoms with E-state index in [1.165, 1.54) is 121 Å². The molecule has 2 nitrogen and oxygen atoms in total. The molecule has 2 aliphatic carbocycles. The van der Waals surface area contributed by atoms with Crippen LogP contribution in [-0.4, -0.2) is 23.4 Å². The molecule has 0 bridgehead atoms. The minimum Gasteiger partial charge on any atom is -0.344 e. The molecule has 4 aromatic carbocycles. The van der Waals surface area contributed by atoms with Crippen molar-refractivity contribution in [1.29, 1.82) is 0 Å². The minimum absolute atomic E-state index is 0.104. The number of nitrogens with zero attached hydrogens (tertiary/aromatic N) is 2. The lowest BCUT2D eigenvalue weighted by Gasteiger charge is -2.37. The van der Waals surface area contributed by atoms with Crippen LogP contribution in [0.25, 0.3) is 21.5 Å². The average Bonchev–Trinajstić information content (AvgIpc) is 3.60. The predicted molar refractivity (Wildman–Crippen MR) is 238 cm³/mol. The van der Waals surface area contributed by atoms with Crippen molar-refractivity contribution in [2.24, 2.45) is 11.8 Å². The van der Waals surface area contributed by atoms with Crippen LogP contribution in [0.1, 0.15) is 116 Å². The van der Waals surface area contributed by atoms with Gasteiger partial charge < -0.3 is 4.90 Å². The molecule has 8 rings (SSSR count). The second-order valence-corrected chi connectivity index (χ2v) is 17.8. The molecule has 0 atom stereocenters. The highest BCUT2D eigenvalue weighted by atomic mass is 15.2. The first-order chi connectivity index (χ1) is 26.9. The van der Waals surface area contributed by atoms with Gasteiger partial charge in [0.05, 0.1) is 5.41 Å². The van der Waals surface area contributed by atoms with Crippen molar-refractivity contribution in [1.82, 2.24) is 0 Å². The predicted octanol–water partition coefficient (Wildman–Crippen LogP) is 14.2. The monoisotopic (exact) mass is 727 g/mol. The summed E-state index contributed by atoms with van der Waals surface area (Å²) in [4.78, 5) is 2.69. The highest BCUT2D eigenvalue weighted by Gasteiger charge is 2.52. The zero-order valence-corrected chi connectivity index (χ0v) is 34.1. The van der Waals surface area contributed by atoms with E-state index >= 15 is 0 Å². The van der Waals surface area contributed by atoms with E-state index in [0.717, 1.165) is 13.1 Å². The fourth-order valence-corrected chi connectivity index (χ4v) is 10.7. The Hall–Kier alpha value is -4.43. The summed E-state index contributed by atoms with van der Waals surface area (Å²) in [6, 6.07) is 27.7. The second-order valence-electron chi connectivity index (χ2n) is 17.8. The molecule has 0 N–H and O–H groups in total. The molecular formula is C53H63N2+. The Morgan fingerprint density at radius 3 is 1.80 bits per heavy atom. The van der Waals surface area contributed by atoms with Crippen molar-refractivity contribution in [3.8, 4) is 0 Å². The van der Waals surface area contributed by atoms with E-state index < -0.39 is 0 Å². The van der Waals surface area contributed by atoms with E-state index in [2.05, 4.69) is 165 Å². The maximum atomic E-state index is 2.69. The van der Waals surface area contributed by atoms with Gasteiger partial charge in [-0.3, -0.25) is 0 Å². The van der Waals surface area contributed by atoms with Gasteiger partial charge in [-0.25, -0.2) is 0 Å². The molecule has 4 aromatic rings. The Morgan fingerprint density at radius 1 is 0.582 bits per heavy atom. The van der Waals surface area contributed by atoms with E-state index in [0.29, 0.717) is 11.8 Å². The zero-order chi connectivity index (χ0) is 37.8. The van der Waals surface area contributed by atoms with Gasteiger partial charge in [-0.1, -0.05) is 163 Å². The summed E-state index contributed by atoms with van der Waals surface area (Å²) in [7, 11) is 0. The number of allylic oxidation sites excluding steroid dienone is 10. The normalized spacial score (nSPS) is 20.2. The van der Waals surface area contributed by atoms with Crippen molar-refractivity contribution in [2.75, 3.05) is 18.0 Å². The van der Waals surface area contributed by atoms with Gasteiger partial charge in [0, 0.05) is 47.5 Å². The lowest BCUT2D eigenvalue weighted by Crippen LogP contribution is -2.36. The molecule has 55 heavy (non-hydrogen) atoms. The number of hydrogen-bond acceptors (Lipinski definition) is 1. The fourth-order valence-electron chi connectivity index (χ4n) is 10.7. The Kier molecular flexibility index (Phi) is 11.1. The van der Waals surface area contributed by atoms with Gasteiger partial charge in [-0.15, -0.1) is 0 Å². The van der Waals surface area contributed by atoms with Crippen molar-refractivity contribution < 1.29 is 4.58 Å². The second kappa shape index (κ2) is 16.4. The lowest BCUT2D eigenvalue weighted by atomic mass is 9.66. The van der Waals surface area contributed by atoms with Crippen LogP contribution >= 0.6 is 0 Å². The smallest absolute Gasteiger partial charge is 0.210 e. The van der Waals surface area contributed by atoms with Crippen LogP contribution in [0.5, 0.6) is 0 Å². The summed E-state index contributed by atoms with van der Waals surface area (Å²) in [6.45, 7) is 11.6. The molecule has 0 aromatic heterocycles. The van der Waals surface area contributed by atoms with E-state index in [9.17, 15) is 0 Å².